The molecule has 96 valence electrons. The monoisotopic (exact) mass is 243 g/mol. The van der Waals surface area contributed by atoms with E-state index >= 15 is 0 Å². The lowest BCUT2D eigenvalue weighted by Crippen LogP contribution is -2.47. The molecule has 0 aromatic heterocycles. The van der Waals surface area contributed by atoms with Crippen LogP contribution >= 0.6 is 0 Å². The zero-order chi connectivity index (χ0) is 12.5. The zero-order valence-corrected chi connectivity index (χ0v) is 11.0. The highest BCUT2D eigenvalue weighted by Crippen LogP contribution is 2.38. The van der Waals surface area contributed by atoms with Gasteiger partial charge in [-0.05, 0) is 43.3 Å². The van der Waals surface area contributed by atoms with E-state index in [4.69, 9.17) is 0 Å². The molecule has 1 unspecified atom stereocenters. The number of carbonyl (C=O) groups excluding carboxylic acids is 1. The Morgan fingerprint density at radius 2 is 2.00 bits per heavy atom. The number of hydrogen-bond acceptors (Lipinski definition) is 2. The molecule has 1 aromatic rings. The first-order chi connectivity index (χ1) is 8.77. The highest BCUT2D eigenvalue weighted by atomic mass is 16.1. The summed E-state index contributed by atoms with van der Waals surface area (Å²) < 4.78 is 0. The van der Waals surface area contributed by atoms with Crippen molar-refractivity contribution in [2.75, 3.05) is 13.1 Å². The molecule has 1 aromatic carbocycles. The molecule has 2 nitrogen and oxygen atoms in total. The van der Waals surface area contributed by atoms with E-state index in [1.807, 2.05) is 12.1 Å². The van der Waals surface area contributed by atoms with Crippen molar-refractivity contribution in [3.05, 3.63) is 35.4 Å². The summed E-state index contributed by atoms with van der Waals surface area (Å²) in [7, 11) is 0. The van der Waals surface area contributed by atoms with Gasteiger partial charge in [0.05, 0.1) is 0 Å². The Balaban J connectivity index is 1.83. The van der Waals surface area contributed by atoms with Gasteiger partial charge in [0.2, 0.25) is 0 Å². The molecule has 1 aliphatic carbocycles. The van der Waals surface area contributed by atoms with Crippen molar-refractivity contribution in [2.45, 2.75) is 32.1 Å². The SMILES string of the molecule is CC(C(=O)c1ccccc1C1CCC1)C1CNC1. The predicted octanol–water partition coefficient (Wildman–Crippen LogP) is 2.99. The fraction of sp³-hybridized carbons (Fsp3) is 0.562. The van der Waals surface area contributed by atoms with Gasteiger partial charge in [-0.2, -0.15) is 0 Å². The molecule has 2 fully saturated rings. The lowest BCUT2D eigenvalue weighted by molar-refractivity contribution is 0.0852. The highest BCUT2D eigenvalue weighted by molar-refractivity contribution is 5.99. The van der Waals surface area contributed by atoms with Crippen LogP contribution in [-0.4, -0.2) is 18.9 Å². The Bertz CT molecular complexity index is 446. The Morgan fingerprint density at radius 1 is 1.28 bits per heavy atom. The van der Waals surface area contributed by atoms with E-state index in [1.54, 1.807) is 0 Å². The first-order valence-electron chi connectivity index (χ1n) is 7.11. The van der Waals surface area contributed by atoms with E-state index in [0.29, 0.717) is 17.6 Å². The normalized spacial score (nSPS) is 22.1. The number of Topliss-reactive ketones (excluding diaryl/α,β-unsaturated/α-hetero) is 1. The number of carbonyl (C=O) groups is 1. The maximum Gasteiger partial charge on any atom is 0.166 e. The molecule has 1 heterocycles. The summed E-state index contributed by atoms with van der Waals surface area (Å²) in [6, 6.07) is 8.25. The largest absolute Gasteiger partial charge is 0.316 e. The minimum absolute atomic E-state index is 0.160. The zero-order valence-electron chi connectivity index (χ0n) is 11.0. The molecular formula is C16H21NO. The van der Waals surface area contributed by atoms with Crippen LogP contribution in [0.1, 0.15) is 48.0 Å². The summed E-state index contributed by atoms with van der Waals surface area (Å²) in [6.45, 7) is 4.09. The molecule has 3 rings (SSSR count). The average molecular weight is 243 g/mol. The third kappa shape index (κ3) is 1.99. The van der Waals surface area contributed by atoms with Gasteiger partial charge < -0.3 is 5.32 Å². The van der Waals surface area contributed by atoms with Crippen LogP contribution in [-0.2, 0) is 0 Å². The summed E-state index contributed by atoms with van der Waals surface area (Å²) in [5.74, 6) is 1.68. The summed E-state index contributed by atoms with van der Waals surface area (Å²) in [5, 5.41) is 3.26. The number of nitrogens with one attached hydrogen (secondary N) is 1. The Hall–Kier alpha value is -1.15. The molecule has 1 atom stereocenters. The van der Waals surface area contributed by atoms with Crippen LogP contribution in [0.15, 0.2) is 24.3 Å². The summed E-state index contributed by atoms with van der Waals surface area (Å²) >= 11 is 0. The van der Waals surface area contributed by atoms with Crippen molar-refractivity contribution in [1.29, 1.82) is 0 Å². The number of ketones is 1. The van der Waals surface area contributed by atoms with E-state index in [0.717, 1.165) is 18.7 Å². The summed E-state index contributed by atoms with van der Waals surface area (Å²) in [6.07, 6.45) is 3.82. The molecule has 0 bridgehead atoms. The fourth-order valence-corrected chi connectivity index (χ4v) is 2.92. The number of rotatable bonds is 4. The lowest BCUT2D eigenvalue weighted by atomic mass is 9.75. The lowest BCUT2D eigenvalue weighted by Gasteiger charge is -2.33. The quantitative estimate of drug-likeness (QED) is 0.824. The van der Waals surface area contributed by atoms with Gasteiger partial charge in [0.25, 0.3) is 0 Å². The predicted molar refractivity (Wildman–Crippen MR) is 72.9 cm³/mol. The van der Waals surface area contributed by atoms with E-state index in [1.165, 1.54) is 24.8 Å². The Morgan fingerprint density at radius 3 is 2.56 bits per heavy atom. The van der Waals surface area contributed by atoms with Gasteiger partial charge in [0, 0.05) is 11.5 Å². The molecule has 18 heavy (non-hydrogen) atoms. The van der Waals surface area contributed by atoms with Crippen LogP contribution in [0.5, 0.6) is 0 Å². The molecular weight excluding hydrogens is 222 g/mol. The fourth-order valence-electron chi connectivity index (χ4n) is 2.92. The summed E-state index contributed by atoms with van der Waals surface area (Å²) in [5.41, 5.74) is 2.29. The van der Waals surface area contributed by atoms with Crippen LogP contribution in [0.3, 0.4) is 0 Å². The third-order valence-corrected chi connectivity index (χ3v) is 4.70. The van der Waals surface area contributed by atoms with Gasteiger partial charge in [-0.1, -0.05) is 37.6 Å². The number of benzene rings is 1. The van der Waals surface area contributed by atoms with E-state index in [9.17, 15) is 4.79 Å². The summed E-state index contributed by atoms with van der Waals surface area (Å²) in [4.78, 5) is 12.6. The molecule has 2 aliphatic rings. The smallest absolute Gasteiger partial charge is 0.166 e. The van der Waals surface area contributed by atoms with Crippen molar-refractivity contribution in [2.24, 2.45) is 11.8 Å². The Kier molecular flexibility index (Phi) is 3.21. The maximum absolute atomic E-state index is 12.6. The van der Waals surface area contributed by atoms with E-state index in [-0.39, 0.29) is 5.92 Å². The number of hydrogen-bond donors (Lipinski definition) is 1. The second kappa shape index (κ2) is 4.85. The van der Waals surface area contributed by atoms with Crippen LogP contribution < -0.4 is 5.32 Å². The molecule has 1 N–H and O–H groups in total. The molecule has 2 heteroatoms. The van der Waals surface area contributed by atoms with Crippen molar-refractivity contribution in [1.82, 2.24) is 5.32 Å². The second-order valence-corrected chi connectivity index (χ2v) is 5.79. The van der Waals surface area contributed by atoms with Gasteiger partial charge in [0.1, 0.15) is 0 Å². The minimum Gasteiger partial charge on any atom is -0.316 e. The molecule has 0 amide bonds. The Labute approximate surface area is 109 Å². The van der Waals surface area contributed by atoms with Gasteiger partial charge in [0.15, 0.2) is 5.78 Å². The van der Waals surface area contributed by atoms with E-state index < -0.39 is 0 Å². The first-order valence-corrected chi connectivity index (χ1v) is 7.11. The van der Waals surface area contributed by atoms with Gasteiger partial charge in [-0.15, -0.1) is 0 Å². The average Bonchev–Trinajstić information content (AvgIpc) is 2.24. The molecule has 1 saturated carbocycles. The second-order valence-electron chi connectivity index (χ2n) is 5.79. The highest BCUT2D eigenvalue weighted by Gasteiger charge is 2.32. The van der Waals surface area contributed by atoms with Crippen molar-refractivity contribution in [3.8, 4) is 0 Å². The maximum atomic E-state index is 12.6. The van der Waals surface area contributed by atoms with E-state index in [2.05, 4.69) is 24.4 Å². The van der Waals surface area contributed by atoms with Crippen molar-refractivity contribution in [3.63, 3.8) is 0 Å². The van der Waals surface area contributed by atoms with Crippen molar-refractivity contribution >= 4 is 5.78 Å². The van der Waals surface area contributed by atoms with Crippen LogP contribution in [0, 0.1) is 11.8 Å². The molecule has 0 spiro atoms. The van der Waals surface area contributed by atoms with Gasteiger partial charge >= 0.3 is 0 Å². The standard InChI is InChI=1S/C16H21NO/c1-11(13-9-17-10-13)16(18)15-8-3-2-7-14(15)12-5-4-6-12/h2-3,7-8,11-13,17H,4-6,9-10H2,1H3. The van der Waals surface area contributed by atoms with Crippen LogP contribution in [0.4, 0.5) is 0 Å². The third-order valence-electron chi connectivity index (χ3n) is 4.70. The minimum atomic E-state index is 0.160. The van der Waals surface area contributed by atoms with Gasteiger partial charge in [-0.25, -0.2) is 0 Å². The van der Waals surface area contributed by atoms with Crippen molar-refractivity contribution < 1.29 is 4.79 Å². The van der Waals surface area contributed by atoms with Crippen LogP contribution in [0.2, 0.25) is 0 Å². The topological polar surface area (TPSA) is 29.1 Å². The first kappa shape index (κ1) is 11.9. The van der Waals surface area contributed by atoms with Crippen LogP contribution in [0.25, 0.3) is 0 Å². The molecule has 0 radical (unpaired) electrons. The van der Waals surface area contributed by atoms with Gasteiger partial charge in [-0.3, -0.25) is 4.79 Å². The molecule has 1 saturated heterocycles. The molecule has 1 aliphatic heterocycles.